The van der Waals surface area contributed by atoms with Crippen LogP contribution in [0.4, 0.5) is 8.78 Å². The van der Waals surface area contributed by atoms with E-state index in [0.717, 1.165) is 6.92 Å². The number of hydrogen-bond donors (Lipinski definition) is 0. The van der Waals surface area contributed by atoms with Crippen molar-refractivity contribution in [2.75, 3.05) is 7.11 Å². The molecule has 4 nitrogen and oxygen atoms in total. The third kappa shape index (κ3) is 4.86. The number of carbonyl (C=O) groups is 1. The molecule has 1 atom stereocenters. The number of fused-ring (bicyclic) bond motifs is 1. The molecule has 0 spiro atoms. The lowest BCUT2D eigenvalue weighted by Crippen LogP contribution is -2.23. The largest absolute Gasteiger partial charge is 0.467 e. The van der Waals surface area contributed by atoms with Crippen molar-refractivity contribution in [1.82, 2.24) is 4.98 Å². The molecule has 1 aromatic heterocycles. The summed E-state index contributed by atoms with van der Waals surface area (Å²) in [5.41, 5.74) is 2.94. The molecule has 2 aromatic carbocycles. The summed E-state index contributed by atoms with van der Waals surface area (Å²) < 4.78 is 38.4. The third-order valence-corrected chi connectivity index (χ3v) is 5.18. The minimum absolute atomic E-state index is 0.103. The first-order chi connectivity index (χ1) is 14.5. The molecule has 3 rings (SSSR count). The predicted molar refractivity (Wildman–Crippen MR) is 117 cm³/mol. The molecule has 0 N–H and O–H groups in total. The van der Waals surface area contributed by atoms with Gasteiger partial charge in [0.05, 0.1) is 18.7 Å². The van der Waals surface area contributed by atoms with E-state index >= 15 is 0 Å². The SMILES string of the molecule is COC(=O)C(OC(C)C)c1c(C)nc2ccc(Cl)cc2c1-c1ccc(C(C)(F)F)cc1. The number of alkyl halides is 2. The molecule has 0 bridgehead atoms. The number of ether oxygens (including phenoxy) is 2. The molecule has 3 aromatic rings. The third-order valence-electron chi connectivity index (χ3n) is 4.94. The van der Waals surface area contributed by atoms with Gasteiger partial charge in [-0.25, -0.2) is 13.6 Å². The maximum atomic E-state index is 13.8. The minimum Gasteiger partial charge on any atom is -0.467 e. The van der Waals surface area contributed by atoms with Crippen LogP contribution in [0, 0.1) is 6.92 Å². The highest BCUT2D eigenvalue weighted by molar-refractivity contribution is 6.31. The molecular formula is C24H24ClF2NO3. The topological polar surface area (TPSA) is 48.4 Å². The summed E-state index contributed by atoms with van der Waals surface area (Å²) in [5, 5.41) is 1.17. The van der Waals surface area contributed by atoms with Crippen LogP contribution in [0.5, 0.6) is 0 Å². The van der Waals surface area contributed by atoms with Crippen molar-refractivity contribution in [2.24, 2.45) is 0 Å². The molecule has 0 saturated carbocycles. The average Bonchev–Trinajstić information content (AvgIpc) is 2.70. The van der Waals surface area contributed by atoms with Crippen LogP contribution in [-0.2, 0) is 20.2 Å². The van der Waals surface area contributed by atoms with E-state index in [0.29, 0.717) is 38.3 Å². The molecule has 1 unspecified atom stereocenters. The number of rotatable bonds is 6. The quantitative estimate of drug-likeness (QED) is 0.399. The van der Waals surface area contributed by atoms with Crippen molar-refractivity contribution < 1.29 is 23.0 Å². The molecule has 0 amide bonds. The first kappa shape index (κ1) is 23.1. The molecule has 164 valence electrons. The Kier molecular flexibility index (Phi) is 6.62. The summed E-state index contributed by atoms with van der Waals surface area (Å²) in [4.78, 5) is 17.3. The number of esters is 1. The number of halogens is 3. The summed E-state index contributed by atoms with van der Waals surface area (Å²) in [6.45, 7) is 6.26. The van der Waals surface area contributed by atoms with Gasteiger partial charge in [-0.2, -0.15) is 0 Å². The first-order valence-corrected chi connectivity index (χ1v) is 10.2. The summed E-state index contributed by atoms with van der Waals surface area (Å²) in [7, 11) is 1.29. The number of aromatic nitrogens is 1. The number of hydrogen-bond acceptors (Lipinski definition) is 4. The second-order valence-electron chi connectivity index (χ2n) is 7.70. The Balaban J connectivity index is 2.36. The average molecular weight is 448 g/mol. The fourth-order valence-electron chi connectivity index (χ4n) is 3.55. The number of carbonyl (C=O) groups excluding carboxylic acids is 1. The van der Waals surface area contributed by atoms with Gasteiger partial charge in [0, 0.05) is 34.2 Å². The fourth-order valence-corrected chi connectivity index (χ4v) is 3.73. The van der Waals surface area contributed by atoms with E-state index in [1.807, 2.05) is 13.8 Å². The molecule has 0 aliphatic heterocycles. The molecule has 1 heterocycles. The van der Waals surface area contributed by atoms with Gasteiger partial charge < -0.3 is 9.47 Å². The van der Waals surface area contributed by atoms with E-state index < -0.39 is 18.0 Å². The van der Waals surface area contributed by atoms with Crippen LogP contribution in [0.1, 0.15) is 43.7 Å². The number of pyridine rings is 1. The normalized spacial score (nSPS) is 12.9. The second-order valence-corrected chi connectivity index (χ2v) is 8.14. The van der Waals surface area contributed by atoms with Crippen LogP contribution in [0.2, 0.25) is 5.02 Å². The smallest absolute Gasteiger partial charge is 0.339 e. The molecule has 0 fully saturated rings. The van der Waals surface area contributed by atoms with Crippen molar-refractivity contribution >= 4 is 28.5 Å². The van der Waals surface area contributed by atoms with Gasteiger partial charge in [-0.15, -0.1) is 0 Å². The van der Waals surface area contributed by atoms with E-state index in [1.54, 1.807) is 37.3 Å². The molecular weight excluding hydrogens is 424 g/mol. The summed E-state index contributed by atoms with van der Waals surface area (Å²) in [6.07, 6.45) is -1.31. The molecule has 31 heavy (non-hydrogen) atoms. The van der Waals surface area contributed by atoms with E-state index in [2.05, 4.69) is 4.98 Å². The Morgan fingerprint density at radius 2 is 1.77 bits per heavy atom. The van der Waals surface area contributed by atoms with E-state index in [4.69, 9.17) is 21.1 Å². The van der Waals surface area contributed by atoms with Gasteiger partial charge in [0.15, 0.2) is 6.10 Å². The number of aryl methyl sites for hydroxylation is 1. The van der Waals surface area contributed by atoms with Crippen molar-refractivity contribution in [2.45, 2.75) is 45.8 Å². The van der Waals surface area contributed by atoms with Gasteiger partial charge in [-0.3, -0.25) is 4.98 Å². The van der Waals surface area contributed by atoms with Gasteiger partial charge in [0.2, 0.25) is 0 Å². The lowest BCUT2D eigenvalue weighted by molar-refractivity contribution is -0.157. The maximum Gasteiger partial charge on any atom is 0.339 e. The molecule has 0 aliphatic rings. The minimum atomic E-state index is -2.96. The van der Waals surface area contributed by atoms with Crippen LogP contribution in [0.3, 0.4) is 0 Å². The Morgan fingerprint density at radius 1 is 1.13 bits per heavy atom. The van der Waals surface area contributed by atoms with Crippen LogP contribution in [-0.4, -0.2) is 24.2 Å². The van der Waals surface area contributed by atoms with Crippen molar-refractivity contribution in [1.29, 1.82) is 0 Å². The fraction of sp³-hybridized carbons (Fsp3) is 0.333. The molecule has 0 saturated heterocycles. The van der Waals surface area contributed by atoms with Crippen LogP contribution >= 0.6 is 11.6 Å². The monoisotopic (exact) mass is 447 g/mol. The standard InChI is InChI=1S/C24H24ClF2NO3/c1-13(2)31-22(23(29)30-5)20-14(3)28-19-11-10-17(25)12-18(19)21(20)15-6-8-16(9-7-15)24(4,26)27/h6-13,22H,1-5H3. The number of methoxy groups -OCH3 is 1. The van der Waals surface area contributed by atoms with Gasteiger partial charge in [-0.05, 0) is 50.1 Å². The van der Waals surface area contributed by atoms with Crippen LogP contribution in [0.25, 0.3) is 22.0 Å². The lowest BCUT2D eigenvalue weighted by atomic mass is 9.90. The predicted octanol–water partition coefficient (Wildman–Crippen LogP) is 6.61. The highest BCUT2D eigenvalue weighted by atomic mass is 35.5. The van der Waals surface area contributed by atoms with Crippen LogP contribution in [0.15, 0.2) is 42.5 Å². The summed E-state index contributed by atoms with van der Waals surface area (Å²) >= 11 is 6.26. The Bertz CT molecular complexity index is 1110. The van der Waals surface area contributed by atoms with Gasteiger partial charge in [0.25, 0.3) is 5.92 Å². The van der Waals surface area contributed by atoms with Crippen LogP contribution < -0.4 is 0 Å². The molecule has 0 radical (unpaired) electrons. The van der Waals surface area contributed by atoms with Gasteiger partial charge in [-0.1, -0.05) is 35.9 Å². The van der Waals surface area contributed by atoms with E-state index in [1.165, 1.54) is 19.2 Å². The number of benzene rings is 2. The zero-order chi connectivity index (χ0) is 22.9. The van der Waals surface area contributed by atoms with Crippen molar-refractivity contribution in [3.8, 4) is 11.1 Å². The molecule has 0 aliphatic carbocycles. The Morgan fingerprint density at radius 3 is 2.32 bits per heavy atom. The maximum absolute atomic E-state index is 13.8. The Labute approximate surface area is 185 Å². The second kappa shape index (κ2) is 8.89. The highest BCUT2D eigenvalue weighted by Gasteiger charge is 2.31. The zero-order valence-electron chi connectivity index (χ0n) is 18.0. The lowest BCUT2D eigenvalue weighted by Gasteiger charge is -2.24. The first-order valence-electron chi connectivity index (χ1n) is 9.84. The van der Waals surface area contributed by atoms with Crippen molar-refractivity contribution in [3.05, 3.63) is 64.3 Å². The number of nitrogens with zero attached hydrogens (tertiary/aromatic N) is 1. The summed E-state index contributed by atoms with van der Waals surface area (Å²) in [5.74, 6) is -3.53. The van der Waals surface area contributed by atoms with Gasteiger partial charge in [0.1, 0.15) is 0 Å². The van der Waals surface area contributed by atoms with Gasteiger partial charge >= 0.3 is 5.97 Å². The summed E-state index contributed by atoms with van der Waals surface area (Å²) in [6, 6.07) is 11.2. The Hall–Kier alpha value is -2.57. The van der Waals surface area contributed by atoms with E-state index in [9.17, 15) is 13.6 Å². The zero-order valence-corrected chi connectivity index (χ0v) is 18.8. The molecule has 7 heteroatoms. The highest BCUT2D eigenvalue weighted by Crippen LogP contribution is 2.40. The van der Waals surface area contributed by atoms with Crippen molar-refractivity contribution in [3.63, 3.8) is 0 Å². The van der Waals surface area contributed by atoms with E-state index in [-0.39, 0.29) is 11.7 Å².